The monoisotopic (exact) mass is 324 g/mol. The number of hydrogen-bond donors (Lipinski definition) is 1. The van der Waals surface area contributed by atoms with E-state index in [1.807, 2.05) is 19.1 Å². The van der Waals surface area contributed by atoms with Crippen LogP contribution in [0.3, 0.4) is 0 Å². The van der Waals surface area contributed by atoms with E-state index in [0.717, 1.165) is 5.56 Å². The molecule has 2 aromatic rings. The van der Waals surface area contributed by atoms with Gasteiger partial charge in [-0.1, -0.05) is 35.4 Å². The number of nitrogens with two attached hydrogens (primary N) is 1. The van der Waals surface area contributed by atoms with Crippen molar-refractivity contribution >= 4 is 33.0 Å². The van der Waals surface area contributed by atoms with Crippen LogP contribution in [0.15, 0.2) is 47.4 Å². The first kappa shape index (κ1) is 15.7. The Labute approximate surface area is 130 Å². The van der Waals surface area contributed by atoms with Crippen LogP contribution in [0.1, 0.15) is 12.5 Å². The summed E-state index contributed by atoms with van der Waals surface area (Å²) in [5, 5.41) is 0.126. The maximum absolute atomic E-state index is 12.9. The largest absolute Gasteiger partial charge is 0.398 e. The predicted octanol–water partition coefficient (Wildman–Crippen LogP) is 3.45. The minimum Gasteiger partial charge on any atom is -0.398 e. The summed E-state index contributed by atoms with van der Waals surface area (Å²) >= 11 is 6.04. The normalized spacial score (nSPS) is 11.4. The van der Waals surface area contributed by atoms with Crippen molar-refractivity contribution < 1.29 is 8.42 Å². The lowest BCUT2D eigenvalue weighted by atomic mass is 10.2. The molecule has 0 unspecified atom stereocenters. The average molecular weight is 325 g/mol. The fourth-order valence-electron chi connectivity index (χ4n) is 2.11. The summed E-state index contributed by atoms with van der Waals surface area (Å²) in [7, 11) is -3.80. The van der Waals surface area contributed by atoms with Crippen LogP contribution >= 0.6 is 11.6 Å². The van der Waals surface area contributed by atoms with Gasteiger partial charge in [0.1, 0.15) is 4.90 Å². The number of nitrogen functional groups attached to an aromatic ring is 1. The number of sulfonamides is 1. The lowest BCUT2D eigenvalue weighted by Crippen LogP contribution is -2.31. The van der Waals surface area contributed by atoms with Gasteiger partial charge in [0.25, 0.3) is 10.0 Å². The molecule has 2 aromatic carbocycles. The van der Waals surface area contributed by atoms with Crippen molar-refractivity contribution in [1.29, 1.82) is 0 Å². The Hall–Kier alpha value is -1.72. The Balaban J connectivity index is 2.58. The number of rotatable bonds is 4. The van der Waals surface area contributed by atoms with Crippen molar-refractivity contribution in [2.45, 2.75) is 18.7 Å². The third-order valence-corrected chi connectivity index (χ3v) is 5.60. The van der Waals surface area contributed by atoms with Gasteiger partial charge in [-0.05, 0) is 38.1 Å². The summed E-state index contributed by atoms with van der Waals surface area (Å²) in [6.07, 6.45) is 0. The molecule has 2 rings (SSSR count). The summed E-state index contributed by atoms with van der Waals surface area (Å²) in [5.41, 5.74) is 7.60. The SMILES string of the molecule is CCN(c1ccc(C)cc1)S(=O)(=O)c1c(N)cccc1Cl. The molecule has 0 spiro atoms. The van der Waals surface area contributed by atoms with Gasteiger partial charge in [-0.3, -0.25) is 4.31 Å². The molecule has 21 heavy (non-hydrogen) atoms. The molecule has 0 saturated heterocycles. The second-order valence-electron chi connectivity index (χ2n) is 4.66. The zero-order chi connectivity index (χ0) is 15.6. The molecule has 0 aliphatic rings. The van der Waals surface area contributed by atoms with E-state index < -0.39 is 10.0 Å². The van der Waals surface area contributed by atoms with Gasteiger partial charge in [0.05, 0.1) is 16.4 Å². The Kier molecular flexibility index (Phi) is 4.44. The lowest BCUT2D eigenvalue weighted by Gasteiger charge is -2.24. The van der Waals surface area contributed by atoms with Gasteiger partial charge < -0.3 is 5.73 Å². The van der Waals surface area contributed by atoms with Gasteiger partial charge in [0.15, 0.2) is 0 Å². The van der Waals surface area contributed by atoms with Crippen LogP contribution in [0.25, 0.3) is 0 Å². The lowest BCUT2D eigenvalue weighted by molar-refractivity contribution is 0.592. The van der Waals surface area contributed by atoms with Crippen molar-refractivity contribution in [2.75, 3.05) is 16.6 Å². The topological polar surface area (TPSA) is 63.4 Å². The van der Waals surface area contributed by atoms with E-state index in [-0.39, 0.29) is 22.2 Å². The van der Waals surface area contributed by atoms with E-state index >= 15 is 0 Å². The van der Waals surface area contributed by atoms with Crippen molar-refractivity contribution in [2.24, 2.45) is 0 Å². The van der Waals surface area contributed by atoms with Crippen LogP contribution < -0.4 is 10.0 Å². The fourth-order valence-corrected chi connectivity index (χ4v) is 4.22. The highest BCUT2D eigenvalue weighted by Crippen LogP contribution is 2.32. The predicted molar refractivity (Wildman–Crippen MR) is 87.2 cm³/mol. The van der Waals surface area contributed by atoms with Crippen LogP contribution in [-0.4, -0.2) is 15.0 Å². The van der Waals surface area contributed by atoms with Gasteiger partial charge in [0, 0.05) is 6.54 Å². The molecule has 112 valence electrons. The van der Waals surface area contributed by atoms with Gasteiger partial charge in [-0.25, -0.2) is 8.42 Å². The third kappa shape index (κ3) is 2.99. The molecule has 0 aliphatic carbocycles. The summed E-state index contributed by atoms with van der Waals surface area (Å²) < 4.78 is 27.0. The van der Waals surface area contributed by atoms with E-state index in [1.165, 1.54) is 16.4 Å². The molecule has 0 atom stereocenters. The molecule has 6 heteroatoms. The molecule has 0 aliphatic heterocycles. The fraction of sp³-hybridized carbons (Fsp3) is 0.200. The molecular formula is C15H17ClN2O2S. The zero-order valence-corrected chi connectivity index (χ0v) is 13.4. The number of hydrogen-bond acceptors (Lipinski definition) is 3. The first-order valence-corrected chi connectivity index (χ1v) is 8.33. The van der Waals surface area contributed by atoms with Gasteiger partial charge >= 0.3 is 0 Å². The van der Waals surface area contributed by atoms with Crippen LogP contribution in [0, 0.1) is 6.92 Å². The molecule has 0 aromatic heterocycles. The van der Waals surface area contributed by atoms with Crippen molar-refractivity contribution in [3.8, 4) is 0 Å². The summed E-state index contributed by atoms with van der Waals surface area (Å²) in [5.74, 6) is 0. The highest BCUT2D eigenvalue weighted by molar-refractivity contribution is 7.93. The number of nitrogens with zero attached hydrogens (tertiary/aromatic N) is 1. The maximum atomic E-state index is 12.9. The first-order chi connectivity index (χ1) is 9.87. The standard InChI is InChI=1S/C15H17ClN2O2S/c1-3-18(12-9-7-11(2)8-10-12)21(19,20)15-13(16)5-4-6-14(15)17/h4-10H,3,17H2,1-2H3. The first-order valence-electron chi connectivity index (χ1n) is 6.51. The second kappa shape index (κ2) is 5.95. The molecule has 4 nitrogen and oxygen atoms in total. The van der Waals surface area contributed by atoms with E-state index in [0.29, 0.717) is 5.69 Å². The number of halogens is 1. The van der Waals surface area contributed by atoms with Crippen LogP contribution in [0.4, 0.5) is 11.4 Å². The molecule has 0 amide bonds. The molecule has 0 bridgehead atoms. The van der Waals surface area contributed by atoms with E-state index in [4.69, 9.17) is 17.3 Å². The van der Waals surface area contributed by atoms with Crippen LogP contribution in [-0.2, 0) is 10.0 Å². The quantitative estimate of drug-likeness (QED) is 0.876. The van der Waals surface area contributed by atoms with Crippen molar-refractivity contribution in [1.82, 2.24) is 0 Å². The highest BCUT2D eigenvalue weighted by atomic mass is 35.5. The van der Waals surface area contributed by atoms with Crippen LogP contribution in [0.2, 0.25) is 5.02 Å². The Morgan fingerprint density at radius 3 is 2.29 bits per heavy atom. The molecule has 0 heterocycles. The number of anilines is 2. The average Bonchev–Trinajstić information content (AvgIpc) is 2.41. The molecular weight excluding hydrogens is 308 g/mol. The highest BCUT2D eigenvalue weighted by Gasteiger charge is 2.28. The molecule has 0 radical (unpaired) electrons. The summed E-state index contributed by atoms with van der Waals surface area (Å²) in [6.45, 7) is 4.00. The zero-order valence-electron chi connectivity index (χ0n) is 11.9. The molecule has 0 saturated carbocycles. The maximum Gasteiger partial charge on any atom is 0.267 e. The van der Waals surface area contributed by atoms with Crippen molar-refractivity contribution in [3.63, 3.8) is 0 Å². The Morgan fingerprint density at radius 1 is 1.14 bits per heavy atom. The third-order valence-electron chi connectivity index (χ3n) is 3.15. The summed E-state index contributed by atoms with van der Waals surface area (Å²) in [4.78, 5) is -0.0471. The number of benzene rings is 2. The van der Waals surface area contributed by atoms with Gasteiger partial charge in [0.2, 0.25) is 0 Å². The molecule has 0 fully saturated rings. The van der Waals surface area contributed by atoms with E-state index in [1.54, 1.807) is 25.1 Å². The van der Waals surface area contributed by atoms with E-state index in [9.17, 15) is 8.42 Å². The second-order valence-corrected chi connectivity index (χ2v) is 6.87. The molecule has 2 N–H and O–H groups in total. The minimum absolute atomic E-state index is 0.0471. The summed E-state index contributed by atoms with van der Waals surface area (Å²) in [6, 6.07) is 11.9. The van der Waals surface area contributed by atoms with E-state index in [2.05, 4.69) is 0 Å². The van der Waals surface area contributed by atoms with Gasteiger partial charge in [-0.2, -0.15) is 0 Å². The Bertz CT molecular complexity index is 723. The van der Waals surface area contributed by atoms with Crippen LogP contribution in [0.5, 0.6) is 0 Å². The van der Waals surface area contributed by atoms with Gasteiger partial charge in [-0.15, -0.1) is 0 Å². The Morgan fingerprint density at radius 2 is 1.76 bits per heavy atom. The smallest absolute Gasteiger partial charge is 0.267 e. The number of aryl methyl sites for hydroxylation is 1. The minimum atomic E-state index is -3.80. The van der Waals surface area contributed by atoms with Crippen molar-refractivity contribution in [3.05, 3.63) is 53.1 Å².